The lowest BCUT2D eigenvalue weighted by Gasteiger charge is -2.14. The number of carbonyl (C=O) groups excluding carboxylic acids is 3. The second-order valence-corrected chi connectivity index (χ2v) is 11.0. The van der Waals surface area contributed by atoms with Crippen molar-refractivity contribution in [1.29, 1.82) is 5.26 Å². The lowest BCUT2D eigenvalue weighted by Crippen LogP contribution is -2.12. The number of nitrogens with zero attached hydrogens (tertiary/aromatic N) is 1. The molecule has 35 heavy (non-hydrogen) atoms. The third-order valence-electron chi connectivity index (χ3n) is 4.59. The lowest BCUT2D eigenvalue weighted by molar-refractivity contribution is -0.114. The second-order valence-electron chi connectivity index (χ2n) is 7.55. The number of nitriles is 1. The zero-order chi connectivity index (χ0) is 26.3. The van der Waals surface area contributed by atoms with Crippen molar-refractivity contribution >= 4 is 80.3 Å². The van der Waals surface area contributed by atoms with Crippen LogP contribution in [0.2, 0.25) is 0 Å². The van der Waals surface area contributed by atoms with Crippen LogP contribution in [0.4, 0.5) is 0 Å². The first-order valence-electron chi connectivity index (χ1n) is 10.8. The largest absolute Gasteiger partial charge is 0.489 e. The number of carbonyl (C=O) groups is 3. The molecule has 1 aromatic heterocycles. The topological polar surface area (TPSA) is 103 Å². The van der Waals surface area contributed by atoms with Crippen LogP contribution in [0.5, 0.6) is 5.75 Å². The molecule has 0 saturated carbocycles. The molecule has 7 nitrogen and oxygen atoms in total. The Hall–Kier alpha value is -1.98. The fourth-order valence-corrected chi connectivity index (χ4v) is 6.41. The van der Waals surface area contributed by atoms with Crippen LogP contribution in [0.15, 0.2) is 17.7 Å². The van der Waals surface area contributed by atoms with Crippen LogP contribution in [-0.2, 0) is 20.7 Å². The Morgan fingerprint density at radius 3 is 2.17 bits per heavy atom. The summed E-state index contributed by atoms with van der Waals surface area (Å²) in [4.78, 5) is 38.7. The zero-order valence-electron chi connectivity index (χ0n) is 20.0. The third kappa shape index (κ3) is 7.50. The quantitative estimate of drug-likeness (QED) is 0.126. The van der Waals surface area contributed by atoms with Gasteiger partial charge in [0.05, 0.1) is 37.6 Å². The molecular formula is C25H25I2NO6S. The number of esters is 2. The van der Waals surface area contributed by atoms with Gasteiger partial charge >= 0.3 is 11.9 Å². The molecule has 2 aromatic rings. The van der Waals surface area contributed by atoms with Gasteiger partial charge in [-0.3, -0.25) is 4.79 Å². The molecule has 10 heteroatoms. The van der Waals surface area contributed by atoms with E-state index in [1.165, 1.54) is 6.08 Å². The SMILES string of the molecule is CCOC(=O)c1sc(CC(=O)/C(C#N)=C/c2cc(I)c(OC(C)C)c(I)c2)c(C(=O)OCC)c1C. The minimum atomic E-state index is -0.619. The van der Waals surface area contributed by atoms with Crippen molar-refractivity contribution in [2.24, 2.45) is 0 Å². The highest BCUT2D eigenvalue weighted by Gasteiger charge is 2.28. The van der Waals surface area contributed by atoms with E-state index >= 15 is 0 Å². The second kappa shape index (κ2) is 13.4. The molecule has 0 aliphatic heterocycles. The molecule has 0 fully saturated rings. The van der Waals surface area contributed by atoms with Gasteiger partial charge in [0.25, 0.3) is 0 Å². The van der Waals surface area contributed by atoms with E-state index < -0.39 is 17.7 Å². The Balaban J connectivity index is 2.44. The first-order chi connectivity index (χ1) is 16.5. The fourth-order valence-electron chi connectivity index (χ4n) is 3.15. The van der Waals surface area contributed by atoms with Crippen molar-refractivity contribution < 1.29 is 28.6 Å². The normalized spacial score (nSPS) is 11.2. The number of rotatable bonds is 10. The summed E-state index contributed by atoms with van der Waals surface area (Å²) in [6, 6.07) is 5.64. The molecule has 0 bridgehead atoms. The summed E-state index contributed by atoms with van der Waals surface area (Å²) >= 11 is 5.33. The summed E-state index contributed by atoms with van der Waals surface area (Å²) in [5.41, 5.74) is 1.19. The van der Waals surface area contributed by atoms with E-state index in [2.05, 4.69) is 45.2 Å². The van der Waals surface area contributed by atoms with Crippen LogP contribution >= 0.6 is 56.5 Å². The van der Waals surface area contributed by atoms with Gasteiger partial charge in [-0.05, 0) is 109 Å². The molecule has 0 saturated heterocycles. The van der Waals surface area contributed by atoms with Gasteiger partial charge in [0.2, 0.25) is 0 Å². The molecule has 0 aliphatic carbocycles. The molecule has 1 aromatic carbocycles. The minimum absolute atomic E-state index is 0.0111. The monoisotopic (exact) mass is 721 g/mol. The van der Waals surface area contributed by atoms with Crippen molar-refractivity contribution in [2.75, 3.05) is 13.2 Å². The van der Waals surface area contributed by atoms with Crippen LogP contribution < -0.4 is 4.74 Å². The van der Waals surface area contributed by atoms with E-state index in [0.29, 0.717) is 16.0 Å². The Morgan fingerprint density at radius 1 is 1.09 bits per heavy atom. The molecule has 0 unspecified atom stereocenters. The molecule has 0 atom stereocenters. The average molecular weight is 721 g/mol. The van der Waals surface area contributed by atoms with E-state index in [9.17, 15) is 19.6 Å². The first kappa shape index (κ1) is 29.3. The number of hydrogen-bond acceptors (Lipinski definition) is 8. The van der Waals surface area contributed by atoms with Crippen molar-refractivity contribution in [3.8, 4) is 11.8 Å². The zero-order valence-corrected chi connectivity index (χ0v) is 25.1. The van der Waals surface area contributed by atoms with Gasteiger partial charge in [0.15, 0.2) is 5.78 Å². The number of ketones is 1. The highest BCUT2D eigenvalue weighted by molar-refractivity contribution is 14.1. The van der Waals surface area contributed by atoms with Gasteiger partial charge in [-0.2, -0.15) is 5.26 Å². The van der Waals surface area contributed by atoms with Crippen LogP contribution in [0.25, 0.3) is 6.08 Å². The van der Waals surface area contributed by atoms with E-state index in [-0.39, 0.29) is 41.8 Å². The number of benzene rings is 1. The number of halogens is 2. The van der Waals surface area contributed by atoms with Gasteiger partial charge in [-0.1, -0.05) is 0 Å². The standard InChI is InChI=1S/C25H25I2NO6S/c1-6-32-24(30)21-14(5)23(25(31)33-7-2)35-20(21)11-19(29)16(12-28)8-15-9-17(26)22(18(27)10-15)34-13(3)4/h8-10,13H,6-7,11H2,1-5H3/b16-8+. The van der Waals surface area contributed by atoms with Gasteiger partial charge in [0, 0.05) is 11.3 Å². The van der Waals surface area contributed by atoms with Crippen molar-refractivity contribution in [1.82, 2.24) is 0 Å². The highest BCUT2D eigenvalue weighted by atomic mass is 127. The van der Waals surface area contributed by atoms with Crippen LogP contribution in [0.1, 0.15) is 63.7 Å². The maximum absolute atomic E-state index is 13.1. The Morgan fingerprint density at radius 2 is 1.66 bits per heavy atom. The number of Topliss-reactive ketones (excluding diaryl/α,β-unsaturated/α-hetero) is 1. The predicted molar refractivity (Wildman–Crippen MR) is 151 cm³/mol. The van der Waals surface area contributed by atoms with Gasteiger partial charge in [-0.25, -0.2) is 9.59 Å². The molecule has 0 aliphatic rings. The molecule has 0 amide bonds. The van der Waals surface area contributed by atoms with Gasteiger partial charge < -0.3 is 14.2 Å². The maximum Gasteiger partial charge on any atom is 0.348 e. The van der Waals surface area contributed by atoms with Gasteiger partial charge in [0.1, 0.15) is 16.7 Å². The number of hydrogen-bond donors (Lipinski definition) is 0. The number of thiophene rings is 1. The number of ether oxygens (including phenoxy) is 3. The predicted octanol–water partition coefficient (Wildman–Crippen LogP) is 6.13. The fraction of sp³-hybridized carbons (Fsp3) is 0.360. The average Bonchev–Trinajstić information content (AvgIpc) is 3.10. The first-order valence-corrected chi connectivity index (χ1v) is 13.8. The molecule has 0 radical (unpaired) electrons. The van der Waals surface area contributed by atoms with Crippen molar-refractivity contribution in [3.05, 3.63) is 51.3 Å². The minimum Gasteiger partial charge on any atom is -0.489 e. The van der Waals surface area contributed by atoms with E-state index in [1.54, 1.807) is 20.8 Å². The Labute approximate surface area is 236 Å². The van der Waals surface area contributed by atoms with Crippen LogP contribution in [0, 0.1) is 25.4 Å². The number of allylic oxidation sites excluding steroid dienone is 1. The maximum atomic E-state index is 13.1. The van der Waals surface area contributed by atoms with E-state index in [1.807, 2.05) is 32.0 Å². The van der Waals surface area contributed by atoms with Crippen molar-refractivity contribution in [2.45, 2.75) is 47.1 Å². The Bertz CT molecular complexity index is 1190. The molecule has 0 spiro atoms. The Kier molecular flexibility index (Phi) is 11.2. The van der Waals surface area contributed by atoms with Crippen LogP contribution in [-0.4, -0.2) is 37.0 Å². The molecule has 2 rings (SSSR count). The summed E-state index contributed by atoms with van der Waals surface area (Å²) in [6.07, 6.45) is 1.31. The summed E-state index contributed by atoms with van der Waals surface area (Å²) in [5.74, 6) is -0.903. The molecule has 186 valence electrons. The highest BCUT2D eigenvalue weighted by Crippen LogP contribution is 2.32. The summed E-state index contributed by atoms with van der Waals surface area (Å²) < 4.78 is 17.8. The third-order valence-corrected chi connectivity index (χ3v) is 7.46. The summed E-state index contributed by atoms with van der Waals surface area (Å²) in [5, 5.41) is 9.70. The van der Waals surface area contributed by atoms with E-state index in [4.69, 9.17) is 14.2 Å². The van der Waals surface area contributed by atoms with Gasteiger partial charge in [-0.15, -0.1) is 11.3 Å². The van der Waals surface area contributed by atoms with Crippen molar-refractivity contribution in [3.63, 3.8) is 0 Å². The lowest BCUT2D eigenvalue weighted by atomic mass is 10.0. The summed E-state index contributed by atoms with van der Waals surface area (Å²) in [7, 11) is 0. The molecule has 1 heterocycles. The molecular weight excluding hydrogens is 696 g/mol. The molecule has 0 N–H and O–H groups in total. The summed E-state index contributed by atoms with van der Waals surface area (Å²) in [6.45, 7) is 9.19. The van der Waals surface area contributed by atoms with Crippen LogP contribution in [0.3, 0.4) is 0 Å². The smallest absolute Gasteiger partial charge is 0.348 e. The van der Waals surface area contributed by atoms with E-state index in [0.717, 1.165) is 24.2 Å².